The summed E-state index contributed by atoms with van der Waals surface area (Å²) in [6.07, 6.45) is 0. The van der Waals surface area contributed by atoms with Crippen molar-refractivity contribution in [3.8, 4) is 5.75 Å². The van der Waals surface area contributed by atoms with Crippen molar-refractivity contribution in [2.75, 3.05) is 17.7 Å². The molecular weight excluding hydrogens is 346 g/mol. The van der Waals surface area contributed by atoms with Crippen molar-refractivity contribution in [1.29, 1.82) is 0 Å². The van der Waals surface area contributed by atoms with Crippen molar-refractivity contribution in [2.24, 2.45) is 0 Å². The predicted octanol–water partition coefficient (Wildman–Crippen LogP) is 4.50. The molecule has 8 heteroatoms. The number of nitro groups is 1. The Bertz CT molecular complexity index is 991. The number of benzene rings is 2. The number of nitrogens with one attached hydrogen (secondary N) is 2. The maximum Gasteiger partial charge on any atom is 0.332 e. The molecule has 0 bridgehead atoms. The highest BCUT2D eigenvalue weighted by atomic mass is 16.6. The van der Waals surface area contributed by atoms with Gasteiger partial charge in [0.2, 0.25) is 11.8 Å². The Hall–Kier alpha value is -3.68. The number of hydrogen-bond donors (Lipinski definition) is 2. The smallest absolute Gasteiger partial charge is 0.332 e. The van der Waals surface area contributed by atoms with Crippen LogP contribution in [-0.2, 0) is 0 Å². The number of aryl methyl sites for hydroxylation is 2. The third kappa shape index (κ3) is 3.95. The van der Waals surface area contributed by atoms with Crippen LogP contribution >= 0.6 is 0 Å². The third-order valence-electron chi connectivity index (χ3n) is 3.99. The van der Waals surface area contributed by atoms with Crippen LogP contribution in [0.15, 0.2) is 48.5 Å². The molecule has 138 valence electrons. The van der Waals surface area contributed by atoms with Crippen molar-refractivity contribution < 1.29 is 9.66 Å². The van der Waals surface area contributed by atoms with E-state index in [0.29, 0.717) is 11.4 Å². The minimum absolute atomic E-state index is 0.0908. The van der Waals surface area contributed by atoms with Gasteiger partial charge in [0.25, 0.3) is 0 Å². The lowest BCUT2D eigenvalue weighted by molar-refractivity contribution is -0.385. The molecule has 0 saturated carbocycles. The first-order chi connectivity index (χ1) is 13.0. The third-order valence-corrected chi connectivity index (χ3v) is 3.99. The van der Waals surface area contributed by atoms with Gasteiger partial charge in [0.15, 0.2) is 0 Å². The Labute approximate surface area is 156 Å². The molecule has 2 N–H and O–H groups in total. The fourth-order valence-corrected chi connectivity index (χ4v) is 2.64. The quantitative estimate of drug-likeness (QED) is 0.490. The Kier molecular flexibility index (Phi) is 5.16. The maximum atomic E-state index is 11.5. The summed E-state index contributed by atoms with van der Waals surface area (Å²) >= 11 is 0. The van der Waals surface area contributed by atoms with Crippen LogP contribution < -0.4 is 15.4 Å². The number of para-hydroxylation sites is 3. The summed E-state index contributed by atoms with van der Waals surface area (Å²) in [4.78, 5) is 19.6. The van der Waals surface area contributed by atoms with Crippen LogP contribution in [-0.4, -0.2) is 22.0 Å². The number of nitrogens with zero attached hydrogens (tertiary/aromatic N) is 3. The molecule has 0 aliphatic heterocycles. The summed E-state index contributed by atoms with van der Waals surface area (Å²) in [6, 6.07) is 14.8. The highest BCUT2D eigenvalue weighted by molar-refractivity contribution is 5.72. The first-order valence-corrected chi connectivity index (χ1v) is 8.25. The molecule has 2 aromatic carbocycles. The lowest BCUT2D eigenvalue weighted by Crippen LogP contribution is -2.08. The zero-order chi connectivity index (χ0) is 19.4. The minimum atomic E-state index is -0.495. The normalized spacial score (nSPS) is 10.3. The van der Waals surface area contributed by atoms with Crippen LogP contribution in [0.2, 0.25) is 0 Å². The zero-order valence-electron chi connectivity index (χ0n) is 15.2. The van der Waals surface area contributed by atoms with E-state index in [-0.39, 0.29) is 23.1 Å². The second-order valence-corrected chi connectivity index (χ2v) is 5.85. The van der Waals surface area contributed by atoms with Crippen LogP contribution in [0.25, 0.3) is 0 Å². The van der Waals surface area contributed by atoms with Gasteiger partial charge in [0, 0.05) is 5.69 Å². The number of rotatable bonds is 6. The SMILES string of the molecule is COc1ccccc1Nc1nc(Nc2ccccc2C)nc(C)c1[N+](=O)[O-]. The van der Waals surface area contributed by atoms with Gasteiger partial charge in [-0.3, -0.25) is 10.1 Å². The first-order valence-electron chi connectivity index (χ1n) is 8.25. The van der Waals surface area contributed by atoms with E-state index in [2.05, 4.69) is 20.6 Å². The highest BCUT2D eigenvalue weighted by Gasteiger charge is 2.23. The lowest BCUT2D eigenvalue weighted by atomic mass is 10.2. The summed E-state index contributed by atoms with van der Waals surface area (Å²) in [5.41, 5.74) is 2.48. The zero-order valence-corrected chi connectivity index (χ0v) is 15.2. The molecule has 0 saturated heterocycles. The Balaban J connectivity index is 2.04. The number of anilines is 4. The molecule has 1 aromatic heterocycles. The average molecular weight is 365 g/mol. The molecule has 27 heavy (non-hydrogen) atoms. The largest absolute Gasteiger partial charge is 0.495 e. The van der Waals surface area contributed by atoms with Gasteiger partial charge in [-0.25, -0.2) is 4.98 Å². The van der Waals surface area contributed by atoms with Crippen molar-refractivity contribution in [1.82, 2.24) is 9.97 Å². The summed E-state index contributed by atoms with van der Waals surface area (Å²) in [6.45, 7) is 3.53. The fourth-order valence-electron chi connectivity index (χ4n) is 2.64. The Morgan fingerprint density at radius 1 is 0.963 bits per heavy atom. The van der Waals surface area contributed by atoms with E-state index in [9.17, 15) is 10.1 Å². The molecule has 3 aromatic rings. The van der Waals surface area contributed by atoms with E-state index < -0.39 is 4.92 Å². The molecule has 8 nitrogen and oxygen atoms in total. The van der Waals surface area contributed by atoms with Crippen LogP contribution in [0.3, 0.4) is 0 Å². The van der Waals surface area contributed by atoms with Crippen LogP contribution in [0.1, 0.15) is 11.3 Å². The molecule has 0 radical (unpaired) electrons. The van der Waals surface area contributed by atoms with Crippen LogP contribution in [0, 0.1) is 24.0 Å². The molecule has 0 atom stereocenters. The van der Waals surface area contributed by atoms with E-state index in [1.54, 1.807) is 25.1 Å². The van der Waals surface area contributed by atoms with E-state index >= 15 is 0 Å². The van der Waals surface area contributed by atoms with Gasteiger partial charge in [0.05, 0.1) is 17.7 Å². The van der Waals surface area contributed by atoms with Gasteiger partial charge < -0.3 is 15.4 Å². The number of aromatic nitrogens is 2. The Morgan fingerprint density at radius 2 is 1.63 bits per heavy atom. The number of ether oxygens (including phenoxy) is 1. The summed E-state index contributed by atoms with van der Waals surface area (Å²) in [7, 11) is 1.53. The number of methoxy groups -OCH3 is 1. The van der Waals surface area contributed by atoms with Gasteiger partial charge in [0.1, 0.15) is 11.4 Å². The molecule has 0 amide bonds. The molecule has 0 unspecified atom stereocenters. The van der Waals surface area contributed by atoms with Crippen molar-refractivity contribution >= 4 is 28.8 Å². The van der Waals surface area contributed by atoms with E-state index in [4.69, 9.17) is 4.74 Å². The lowest BCUT2D eigenvalue weighted by Gasteiger charge is -2.13. The average Bonchev–Trinajstić information content (AvgIpc) is 2.63. The molecule has 0 aliphatic rings. The van der Waals surface area contributed by atoms with Gasteiger partial charge in [-0.1, -0.05) is 30.3 Å². The molecular formula is C19H19N5O3. The summed E-state index contributed by atoms with van der Waals surface area (Å²) in [5, 5.41) is 17.7. The fraction of sp³-hybridized carbons (Fsp3) is 0.158. The van der Waals surface area contributed by atoms with Gasteiger partial charge >= 0.3 is 5.69 Å². The van der Waals surface area contributed by atoms with Gasteiger partial charge in [-0.15, -0.1) is 0 Å². The highest BCUT2D eigenvalue weighted by Crippen LogP contribution is 2.33. The molecule has 1 heterocycles. The van der Waals surface area contributed by atoms with Crippen molar-refractivity contribution in [2.45, 2.75) is 13.8 Å². The van der Waals surface area contributed by atoms with Crippen molar-refractivity contribution in [3.05, 3.63) is 69.9 Å². The van der Waals surface area contributed by atoms with Gasteiger partial charge in [-0.2, -0.15) is 4.98 Å². The molecule has 3 rings (SSSR count). The summed E-state index contributed by atoms with van der Waals surface area (Å²) < 4.78 is 5.30. The minimum Gasteiger partial charge on any atom is -0.495 e. The number of hydrogen-bond acceptors (Lipinski definition) is 7. The van der Waals surface area contributed by atoms with E-state index in [1.165, 1.54) is 7.11 Å². The van der Waals surface area contributed by atoms with Gasteiger partial charge in [-0.05, 0) is 37.6 Å². The van der Waals surface area contributed by atoms with Crippen molar-refractivity contribution in [3.63, 3.8) is 0 Å². The van der Waals surface area contributed by atoms with Crippen LogP contribution in [0.4, 0.5) is 28.8 Å². The second-order valence-electron chi connectivity index (χ2n) is 5.85. The molecule has 0 spiro atoms. The van der Waals surface area contributed by atoms with Crippen LogP contribution in [0.5, 0.6) is 5.75 Å². The monoisotopic (exact) mass is 365 g/mol. The summed E-state index contributed by atoms with van der Waals surface area (Å²) in [5.74, 6) is 0.911. The van der Waals surface area contributed by atoms with E-state index in [1.807, 2.05) is 37.3 Å². The second kappa shape index (κ2) is 7.69. The predicted molar refractivity (Wildman–Crippen MR) is 104 cm³/mol. The Morgan fingerprint density at radius 3 is 2.30 bits per heavy atom. The van der Waals surface area contributed by atoms with E-state index in [0.717, 1.165) is 11.3 Å². The standard InChI is InChI=1S/C19H19N5O3/c1-12-8-4-5-9-14(12)22-19-20-13(2)17(24(25)26)18(23-19)21-15-10-6-7-11-16(15)27-3/h4-11H,1-3H3,(H2,20,21,22,23). The maximum absolute atomic E-state index is 11.5. The molecule has 0 fully saturated rings. The molecule has 0 aliphatic carbocycles. The topological polar surface area (TPSA) is 102 Å². The first kappa shape index (κ1) is 18.1.